The predicted molar refractivity (Wildman–Crippen MR) is 105 cm³/mol. The van der Waals surface area contributed by atoms with Crippen molar-refractivity contribution in [3.8, 4) is 5.75 Å². The van der Waals surface area contributed by atoms with E-state index in [-0.39, 0.29) is 30.3 Å². The van der Waals surface area contributed by atoms with Crippen LogP contribution in [0.1, 0.15) is 38.7 Å². The summed E-state index contributed by atoms with van der Waals surface area (Å²) in [5.74, 6) is 1.06. The van der Waals surface area contributed by atoms with Gasteiger partial charge in [0.05, 0.1) is 38.1 Å². The number of hydrogen-bond donors (Lipinski definition) is 0. The maximum Gasteiger partial charge on any atom is 0.122 e. The largest absolute Gasteiger partial charge is 0.497 e. The molecule has 1 aliphatic rings. The first kappa shape index (κ1) is 21.6. The molecule has 0 N–H and O–H groups in total. The average molecular weight is 376 g/mol. The molecule has 0 aliphatic carbocycles. The zero-order valence-electron chi connectivity index (χ0n) is 16.8. The van der Waals surface area contributed by atoms with E-state index in [1.54, 1.807) is 14.2 Å². The Kier molecular flexibility index (Phi) is 8.98. The van der Waals surface area contributed by atoms with Crippen LogP contribution in [0.25, 0.3) is 0 Å². The lowest BCUT2D eigenvalue weighted by Gasteiger charge is -2.32. The number of hydrogen-bond acceptors (Lipinski definition) is 5. The zero-order chi connectivity index (χ0) is 19.6. The van der Waals surface area contributed by atoms with Crippen LogP contribution in [0.5, 0.6) is 5.75 Å². The van der Waals surface area contributed by atoms with Crippen LogP contribution in [0.2, 0.25) is 0 Å². The van der Waals surface area contributed by atoms with Crippen molar-refractivity contribution in [2.24, 2.45) is 5.92 Å². The molecule has 0 fully saturated rings. The molecule has 27 heavy (non-hydrogen) atoms. The lowest BCUT2D eigenvalue weighted by atomic mass is 9.92. The maximum atomic E-state index is 10.7. The van der Waals surface area contributed by atoms with Crippen molar-refractivity contribution in [1.29, 1.82) is 0 Å². The molecule has 0 amide bonds. The predicted octanol–water partition coefficient (Wildman–Crippen LogP) is 3.94. The van der Waals surface area contributed by atoms with Gasteiger partial charge in [0.1, 0.15) is 12.0 Å². The first-order chi connectivity index (χ1) is 13.1. The molecular weight excluding hydrogens is 344 g/mol. The number of methoxy groups -OCH3 is 2. The summed E-state index contributed by atoms with van der Waals surface area (Å²) < 4.78 is 23.0. The summed E-state index contributed by atoms with van der Waals surface area (Å²) in [6.07, 6.45) is 7.05. The van der Waals surface area contributed by atoms with E-state index in [0.29, 0.717) is 13.0 Å². The zero-order valence-corrected chi connectivity index (χ0v) is 16.8. The standard InChI is InChI=1S/C22H32O5/c1-16(17(2)26-15-18-8-10-19(24-3)11-9-18)22(25-4)14-21-7-5-6-20(27-21)12-13-23/h5-6,8-11,13,16-17,20-22H,7,12,14-15H2,1-4H3. The van der Waals surface area contributed by atoms with Gasteiger partial charge in [-0.25, -0.2) is 0 Å². The number of benzene rings is 1. The molecular formula is C22H32O5. The Morgan fingerprint density at radius 1 is 1.22 bits per heavy atom. The Labute approximate surface area is 162 Å². The monoisotopic (exact) mass is 376 g/mol. The molecule has 5 atom stereocenters. The molecule has 0 radical (unpaired) electrons. The van der Waals surface area contributed by atoms with Gasteiger partial charge >= 0.3 is 0 Å². The van der Waals surface area contributed by atoms with E-state index in [2.05, 4.69) is 19.9 Å². The van der Waals surface area contributed by atoms with Crippen molar-refractivity contribution >= 4 is 6.29 Å². The van der Waals surface area contributed by atoms with E-state index in [9.17, 15) is 4.79 Å². The molecule has 1 aliphatic heterocycles. The van der Waals surface area contributed by atoms with Gasteiger partial charge in [-0.1, -0.05) is 31.2 Å². The van der Waals surface area contributed by atoms with E-state index in [1.165, 1.54) is 0 Å². The van der Waals surface area contributed by atoms with Crippen LogP contribution in [0.3, 0.4) is 0 Å². The topological polar surface area (TPSA) is 54.0 Å². The molecule has 5 nitrogen and oxygen atoms in total. The van der Waals surface area contributed by atoms with Crippen molar-refractivity contribution in [1.82, 2.24) is 0 Å². The Morgan fingerprint density at radius 3 is 2.59 bits per heavy atom. The van der Waals surface area contributed by atoms with Gasteiger partial charge in [-0.2, -0.15) is 0 Å². The molecule has 1 aromatic carbocycles. The van der Waals surface area contributed by atoms with Gasteiger partial charge in [-0.05, 0) is 31.0 Å². The number of rotatable bonds is 11. The van der Waals surface area contributed by atoms with Gasteiger partial charge in [0.25, 0.3) is 0 Å². The van der Waals surface area contributed by atoms with Crippen LogP contribution in [-0.4, -0.2) is 44.9 Å². The third-order valence-electron chi connectivity index (χ3n) is 5.24. The molecule has 150 valence electrons. The first-order valence-electron chi connectivity index (χ1n) is 9.60. The number of carbonyl (C=O) groups is 1. The minimum Gasteiger partial charge on any atom is -0.497 e. The normalized spacial score (nSPS) is 22.8. The van der Waals surface area contributed by atoms with E-state index >= 15 is 0 Å². The third-order valence-corrected chi connectivity index (χ3v) is 5.24. The summed E-state index contributed by atoms with van der Waals surface area (Å²) in [7, 11) is 3.39. The van der Waals surface area contributed by atoms with Crippen LogP contribution in [-0.2, 0) is 25.6 Å². The fraction of sp³-hybridized carbons (Fsp3) is 0.591. The average Bonchev–Trinajstić information content (AvgIpc) is 2.70. The molecule has 0 spiro atoms. The van der Waals surface area contributed by atoms with Crippen LogP contribution in [0.15, 0.2) is 36.4 Å². The van der Waals surface area contributed by atoms with Gasteiger partial charge in [0, 0.05) is 25.9 Å². The Bertz CT molecular complexity index is 583. The van der Waals surface area contributed by atoms with Crippen molar-refractivity contribution in [2.75, 3.05) is 14.2 Å². The highest BCUT2D eigenvalue weighted by molar-refractivity contribution is 5.50. The molecule has 2 rings (SSSR count). The Morgan fingerprint density at radius 2 is 1.96 bits per heavy atom. The van der Waals surface area contributed by atoms with E-state index < -0.39 is 0 Å². The first-order valence-corrected chi connectivity index (χ1v) is 9.60. The van der Waals surface area contributed by atoms with Gasteiger partial charge < -0.3 is 23.7 Å². The summed E-state index contributed by atoms with van der Waals surface area (Å²) in [5, 5.41) is 0. The van der Waals surface area contributed by atoms with Crippen LogP contribution in [0.4, 0.5) is 0 Å². The third kappa shape index (κ3) is 6.76. The SMILES string of the molecule is COc1ccc(COC(C)C(C)C(CC2CC=CC(CC=O)O2)OC)cc1. The molecule has 0 saturated heterocycles. The second-order valence-corrected chi connectivity index (χ2v) is 7.10. The molecule has 5 heteroatoms. The Balaban J connectivity index is 1.84. The second-order valence-electron chi connectivity index (χ2n) is 7.10. The van der Waals surface area contributed by atoms with Crippen LogP contribution < -0.4 is 4.74 Å². The second kappa shape index (κ2) is 11.2. The van der Waals surface area contributed by atoms with Crippen molar-refractivity contribution in [3.63, 3.8) is 0 Å². The highest BCUT2D eigenvalue weighted by Gasteiger charge is 2.28. The summed E-state index contributed by atoms with van der Waals surface area (Å²) in [4.78, 5) is 10.7. The summed E-state index contributed by atoms with van der Waals surface area (Å²) in [6, 6.07) is 7.90. The number of carbonyl (C=O) groups excluding carboxylic acids is 1. The highest BCUT2D eigenvalue weighted by Crippen LogP contribution is 2.25. The molecule has 5 unspecified atom stereocenters. The lowest BCUT2D eigenvalue weighted by molar-refractivity contribution is -0.112. The van der Waals surface area contributed by atoms with E-state index in [4.69, 9.17) is 18.9 Å². The molecule has 0 saturated carbocycles. The summed E-state index contributed by atoms with van der Waals surface area (Å²) in [6.45, 7) is 4.78. The minimum absolute atomic E-state index is 0.0317. The summed E-state index contributed by atoms with van der Waals surface area (Å²) >= 11 is 0. The Hall–Kier alpha value is -1.69. The highest BCUT2D eigenvalue weighted by atomic mass is 16.5. The van der Waals surface area contributed by atoms with Gasteiger partial charge in [-0.15, -0.1) is 0 Å². The minimum atomic E-state index is -0.113. The molecule has 1 aromatic rings. The van der Waals surface area contributed by atoms with Crippen LogP contribution >= 0.6 is 0 Å². The van der Waals surface area contributed by atoms with E-state index in [1.807, 2.05) is 30.3 Å². The molecule has 0 aromatic heterocycles. The van der Waals surface area contributed by atoms with Gasteiger partial charge in [-0.3, -0.25) is 0 Å². The van der Waals surface area contributed by atoms with Crippen molar-refractivity contribution < 1.29 is 23.7 Å². The maximum absolute atomic E-state index is 10.7. The van der Waals surface area contributed by atoms with Gasteiger partial charge in [0.15, 0.2) is 0 Å². The van der Waals surface area contributed by atoms with Crippen molar-refractivity contribution in [2.45, 2.75) is 64.1 Å². The van der Waals surface area contributed by atoms with Gasteiger partial charge in [0.2, 0.25) is 0 Å². The summed E-state index contributed by atoms with van der Waals surface area (Å²) in [5.41, 5.74) is 1.11. The molecule has 0 bridgehead atoms. The molecule has 1 heterocycles. The quantitative estimate of drug-likeness (QED) is 0.432. The fourth-order valence-corrected chi connectivity index (χ4v) is 3.30. The fourth-order valence-electron chi connectivity index (χ4n) is 3.30. The van der Waals surface area contributed by atoms with Crippen molar-refractivity contribution in [3.05, 3.63) is 42.0 Å². The lowest BCUT2D eigenvalue weighted by Crippen LogP contribution is -2.36. The van der Waals surface area contributed by atoms with Crippen LogP contribution in [0, 0.1) is 5.92 Å². The van der Waals surface area contributed by atoms with E-state index in [0.717, 1.165) is 30.4 Å². The number of aldehydes is 1. The smallest absolute Gasteiger partial charge is 0.122 e. The number of ether oxygens (including phenoxy) is 4.